The van der Waals surface area contributed by atoms with Gasteiger partial charge in [0.2, 0.25) is 5.95 Å². The SMILES string of the molecule is CCOC(=O)N1CCN(C(=O)c2cc(C)nc(Nc3ccc(CC)cc3)n2)CC1. The van der Waals surface area contributed by atoms with E-state index in [0.29, 0.717) is 50.1 Å². The number of ether oxygens (including phenoxy) is 1. The Kier molecular flexibility index (Phi) is 6.64. The zero-order valence-electron chi connectivity index (χ0n) is 17.1. The average Bonchev–Trinajstić information content (AvgIpc) is 2.73. The van der Waals surface area contributed by atoms with Crippen molar-refractivity contribution in [2.24, 2.45) is 0 Å². The molecule has 1 fully saturated rings. The number of anilines is 2. The molecule has 0 spiro atoms. The standard InChI is InChI=1S/C21H27N5O3/c1-4-16-6-8-17(9-7-16)23-20-22-15(3)14-18(24-20)19(27)25-10-12-26(13-11-25)21(28)29-5-2/h6-9,14H,4-5,10-13H2,1-3H3,(H,22,23,24). The summed E-state index contributed by atoms with van der Waals surface area (Å²) in [6, 6.07) is 9.73. The van der Waals surface area contributed by atoms with Crippen molar-refractivity contribution < 1.29 is 14.3 Å². The summed E-state index contributed by atoms with van der Waals surface area (Å²) in [4.78, 5) is 36.9. The van der Waals surface area contributed by atoms with Crippen molar-refractivity contribution in [2.45, 2.75) is 27.2 Å². The molecule has 1 N–H and O–H groups in total. The molecule has 8 heteroatoms. The van der Waals surface area contributed by atoms with E-state index in [-0.39, 0.29) is 12.0 Å². The Balaban J connectivity index is 1.67. The van der Waals surface area contributed by atoms with E-state index in [1.54, 1.807) is 22.8 Å². The Morgan fingerprint density at radius 3 is 2.31 bits per heavy atom. The van der Waals surface area contributed by atoms with Crippen LogP contribution in [0.25, 0.3) is 0 Å². The molecule has 2 heterocycles. The molecule has 1 aliphatic rings. The number of carbonyl (C=O) groups excluding carboxylic acids is 2. The van der Waals surface area contributed by atoms with E-state index in [2.05, 4.69) is 22.2 Å². The number of rotatable bonds is 5. The molecule has 2 amide bonds. The molecule has 3 rings (SSSR count). The molecule has 1 aliphatic heterocycles. The number of nitrogens with zero attached hydrogens (tertiary/aromatic N) is 4. The molecule has 0 atom stereocenters. The Hall–Kier alpha value is -3.16. The second-order valence-corrected chi connectivity index (χ2v) is 6.87. The fourth-order valence-corrected chi connectivity index (χ4v) is 3.16. The molecule has 8 nitrogen and oxygen atoms in total. The summed E-state index contributed by atoms with van der Waals surface area (Å²) in [6.45, 7) is 7.85. The first-order valence-electron chi connectivity index (χ1n) is 9.92. The van der Waals surface area contributed by atoms with Gasteiger partial charge in [-0.25, -0.2) is 14.8 Å². The van der Waals surface area contributed by atoms with Gasteiger partial charge in [-0.05, 0) is 44.0 Å². The molecule has 1 aromatic heterocycles. The van der Waals surface area contributed by atoms with Crippen LogP contribution in [0.15, 0.2) is 30.3 Å². The summed E-state index contributed by atoms with van der Waals surface area (Å²) in [5, 5.41) is 3.17. The van der Waals surface area contributed by atoms with E-state index in [9.17, 15) is 9.59 Å². The maximum atomic E-state index is 12.9. The second-order valence-electron chi connectivity index (χ2n) is 6.87. The van der Waals surface area contributed by atoms with Crippen LogP contribution in [-0.2, 0) is 11.2 Å². The lowest BCUT2D eigenvalue weighted by Crippen LogP contribution is -2.50. The summed E-state index contributed by atoms with van der Waals surface area (Å²) in [5.74, 6) is 0.228. The van der Waals surface area contributed by atoms with Gasteiger partial charge in [0.1, 0.15) is 5.69 Å². The molecule has 1 saturated heterocycles. The average molecular weight is 397 g/mol. The van der Waals surface area contributed by atoms with Gasteiger partial charge >= 0.3 is 6.09 Å². The van der Waals surface area contributed by atoms with Crippen molar-refractivity contribution in [1.29, 1.82) is 0 Å². The minimum Gasteiger partial charge on any atom is -0.450 e. The van der Waals surface area contributed by atoms with Gasteiger partial charge in [0.05, 0.1) is 6.61 Å². The van der Waals surface area contributed by atoms with Crippen LogP contribution in [0, 0.1) is 6.92 Å². The number of piperazine rings is 1. The smallest absolute Gasteiger partial charge is 0.409 e. The van der Waals surface area contributed by atoms with E-state index < -0.39 is 0 Å². The maximum absolute atomic E-state index is 12.9. The number of aryl methyl sites for hydroxylation is 2. The first kappa shape index (κ1) is 20.6. The molecule has 0 aliphatic carbocycles. The van der Waals surface area contributed by atoms with E-state index in [0.717, 1.165) is 12.1 Å². The Morgan fingerprint density at radius 1 is 1.03 bits per heavy atom. The van der Waals surface area contributed by atoms with Crippen molar-refractivity contribution in [3.05, 3.63) is 47.3 Å². The van der Waals surface area contributed by atoms with E-state index in [1.807, 2.05) is 31.2 Å². The molecule has 0 radical (unpaired) electrons. The van der Waals surface area contributed by atoms with Crippen LogP contribution in [-0.4, -0.2) is 64.6 Å². The number of aromatic nitrogens is 2. The normalized spacial score (nSPS) is 13.9. The minimum atomic E-state index is -0.335. The number of hydrogen-bond donors (Lipinski definition) is 1. The molecule has 1 aromatic carbocycles. The highest BCUT2D eigenvalue weighted by Gasteiger charge is 2.26. The Labute approximate surface area is 170 Å². The molecule has 0 saturated carbocycles. The fraction of sp³-hybridized carbons (Fsp3) is 0.429. The largest absolute Gasteiger partial charge is 0.450 e. The highest BCUT2D eigenvalue weighted by molar-refractivity contribution is 5.93. The molecule has 2 aromatic rings. The quantitative estimate of drug-likeness (QED) is 0.834. The van der Waals surface area contributed by atoms with Gasteiger partial charge in [-0.2, -0.15) is 0 Å². The van der Waals surface area contributed by atoms with Crippen LogP contribution in [0.3, 0.4) is 0 Å². The molecule has 29 heavy (non-hydrogen) atoms. The van der Waals surface area contributed by atoms with Gasteiger partial charge in [0.25, 0.3) is 5.91 Å². The highest BCUT2D eigenvalue weighted by Crippen LogP contribution is 2.16. The van der Waals surface area contributed by atoms with Gasteiger partial charge < -0.3 is 19.9 Å². The summed E-state index contributed by atoms with van der Waals surface area (Å²) >= 11 is 0. The van der Waals surface area contributed by atoms with Crippen molar-refractivity contribution in [1.82, 2.24) is 19.8 Å². The van der Waals surface area contributed by atoms with Crippen LogP contribution < -0.4 is 5.32 Å². The molecule has 0 unspecified atom stereocenters. The third-order valence-corrected chi connectivity index (χ3v) is 4.78. The molecule has 0 bridgehead atoms. The van der Waals surface area contributed by atoms with Gasteiger partial charge in [-0.15, -0.1) is 0 Å². The monoisotopic (exact) mass is 397 g/mol. The molecular formula is C21H27N5O3. The fourth-order valence-electron chi connectivity index (χ4n) is 3.16. The second kappa shape index (κ2) is 9.36. The molecule has 154 valence electrons. The summed E-state index contributed by atoms with van der Waals surface area (Å²) < 4.78 is 5.02. The first-order valence-corrected chi connectivity index (χ1v) is 9.92. The van der Waals surface area contributed by atoms with E-state index >= 15 is 0 Å². The Bertz CT molecular complexity index is 861. The van der Waals surface area contributed by atoms with Crippen LogP contribution >= 0.6 is 0 Å². The van der Waals surface area contributed by atoms with Crippen LogP contribution in [0.1, 0.15) is 35.6 Å². The van der Waals surface area contributed by atoms with Crippen LogP contribution in [0.4, 0.5) is 16.4 Å². The van der Waals surface area contributed by atoms with Crippen molar-refractivity contribution >= 4 is 23.6 Å². The summed E-state index contributed by atoms with van der Waals surface area (Å²) in [5.41, 5.74) is 3.17. The number of hydrogen-bond acceptors (Lipinski definition) is 6. The molecular weight excluding hydrogens is 370 g/mol. The maximum Gasteiger partial charge on any atom is 0.409 e. The van der Waals surface area contributed by atoms with Gasteiger partial charge in [-0.1, -0.05) is 19.1 Å². The lowest BCUT2D eigenvalue weighted by atomic mass is 10.1. The first-order chi connectivity index (χ1) is 14.0. The number of carbonyl (C=O) groups is 2. The third-order valence-electron chi connectivity index (χ3n) is 4.78. The zero-order valence-corrected chi connectivity index (χ0v) is 17.1. The van der Waals surface area contributed by atoms with E-state index in [4.69, 9.17) is 4.74 Å². The zero-order chi connectivity index (χ0) is 20.8. The van der Waals surface area contributed by atoms with Gasteiger partial charge in [0, 0.05) is 37.6 Å². The van der Waals surface area contributed by atoms with Gasteiger partial charge in [0.15, 0.2) is 0 Å². The lowest BCUT2D eigenvalue weighted by Gasteiger charge is -2.33. The van der Waals surface area contributed by atoms with Crippen molar-refractivity contribution in [3.63, 3.8) is 0 Å². The predicted octanol–water partition coefficient (Wildman–Crippen LogP) is 3.01. The van der Waals surface area contributed by atoms with Crippen LogP contribution in [0.2, 0.25) is 0 Å². The van der Waals surface area contributed by atoms with Crippen molar-refractivity contribution in [3.8, 4) is 0 Å². The number of amides is 2. The predicted molar refractivity (Wildman–Crippen MR) is 110 cm³/mol. The summed E-state index contributed by atoms with van der Waals surface area (Å²) in [6.07, 6.45) is 0.640. The lowest BCUT2D eigenvalue weighted by molar-refractivity contribution is 0.0566. The Morgan fingerprint density at radius 2 is 1.69 bits per heavy atom. The van der Waals surface area contributed by atoms with E-state index in [1.165, 1.54) is 5.56 Å². The minimum absolute atomic E-state index is 0.164. The number of nitrogens with one attached hydrogen (secondary N) is 1. The summed E-state index contributed by atoms with van der Waals surface area (Å²) in [7, 11) is 0. The number of benzene rings is 1. The topological polar surface area (TPSA) is 87.7 Å². The van der Waals surface area contributed by atoms with Crippen molar-refractivity contribution in [2.75, 3.05) is 38.1 Å². The highest BCUT2D eigenvalue weighted by atomic mass is 16.6. The van der Waals surface area contributed by atoms with Gasteiger partial charge in [-0.3, -0.25) is 4.79 Å². The van der Waals surface area contributed by atoms with Crippen LogP contribution in [0.5, 0.6) is 0 Å². The third kappa shape index (κ3) is 5.22.